The number of rotatable bonds is 8. The first-order valence-corrected chi connectivity index (χ1v) is 11.0. The summed E-state index contributed by atoms with van der Waals surface area (Å²) in [6.45, 7) is 3.18. The second-order valence-electron chi connectivity index (χ2n) is 7.98. The highest BCUT2D eigenvalue weighted by Gasteiger charge is 2.19. The first-order chi connectivity index (χ1) is 17.1. The van der Waals surface area contributed by atoms with E-state index in [-0.39, 0.29) is 11.6 Å². The molecule has 2 aromatic carbocycles. The lowest BCUT2D eigenvalue weighted by Crippen LogP contribution is -2.13. The van der Waals surface area contributed by atoms with Gasteiger partial charge in [0.05, 0.1) is 50.0 Å². The Balaban J connectivity index is 1.27. The molecule has 5 rings (SSSR count). The van der Waals surface area contributed by atoms with Gasteiger partial charge in [-0.1, -0.05) is 23.8 Å². The highest BCUT2D eigenvalue weighted by molar-refractivity contribution is 6.06. The number of carbonyl (C=O) groups is 1. The van der Waals surface area contributed by atoms with Crippen molar-refractivity contribution in [2.75, 3.05) is 19.5 Å². The lowest BCUT2D eigenvalue weighted by Gasteiger charge is -2.09. The number of hydrogen-bond donors (Lipinski definition) is 1. The molecule has 1 N–H and O–H groups in total. The van der Waals surface area contributed by atoms with E-state index in [0.29, 0.717) is 36.0 Å². The molecule has 5 aromatic rings. The summed E-state index contributed by atoms with van der Waals surface area (Å²) in [5.74, 6) is 1.34. The standard InChI is InChI=1S/C25H24N6O4/c1-16-5-4-6-17(9-16)24-23(27-15-35-24)25(32)29-18-12-28-31(13-18)8-7-30-14-26-19-10-21(33-2)22(34-3)11-20(19)30/h4-6,9-15H,7-8H2,1-3H3,(H,29,32). The summed E-state index contributed by atoms with van der Waals surface area (Å²) in [5, 5.41) is 7.21. The van der Waals surface area contributed by atoms with E-state index < -0.39 is 0 Å². The molecule has 1 amide bonds. The van der Waals surface area contributed by atoms with Crippen molar-refractivity contribution in [3.8, 4) is 22.8 Å². The molecule has 10 heteroatoms. The summed E-state index contributed by atoms with van der Waals surface area (Å²) in [5.41, 5.74) is 4.39. The van der Waals surface area contributed by atoms with Crippen molar-refractivity contribution >= 4 is 22.6 Å². The average molecular weight is 473 g/mol. The predicted molar refractivity (Wildman–Crippen MR) is 130 cm³/mol. The zero-order valence-corrected chi connectivity index (χ0v) is 19.6. The highest BCUT2D eigenvalue weighted by Crippen LogP contribution is 2.31. The molecule has 0 aliphatic rings. The number of nitrogens with one attached hydrogen (secondary N) is 1. The predicted octanol–water partition coefficient (Wildman–Crippen LogP) is 4.17. The smallest absolute Gasteiger partial charge is 0.278 e. The van der Waals surface area contributed by atoms with Crippen LogP contribution < -0.4 is 14.8 Å². The van der Waals surface area contributed by atoms with E-state index in [0.717, 1.165) is 22.2 Å². The summed E-state index contributed by atoms with van der Waals surface area (Å²) in [7, 11) is 3.20. The molecule has 3 heterocycles. The maximum atomic E-state index is 12.9. The highest BCUT2D eigenvalue weighted by atomic mass is 16.5. The summed E-state index contributed by atoms with van der Waals surface area (Å²) in [6, 6.07) is 11.5. The molecule has 0 aliphatic heterocycles. The lowest BCUT2D eigenvalue weighted by atomic mass is 10.1. The van der Waals surface area contributed by atoms with E-state index >= 15 is 0 Å². The number of carbonyl (C=O) groups excluding carboxylic acids is 1. The van der Waals surface area contributed by atoms with Gasteiger partial charge in [-0.25, -0.2) is 9.97 Å². The van der Waals surface area contributed by atoms with Crippen LogP contribution in [0.15, 0.2) is 65.9 Å². The largest absolute Gasteiger partial charge is 0.493 e. The van der Waals surface area contributed by atoms with Gasteiger partial charge in [0.15, 0.2) is 29.3 Å². The maximum Gasteiger partial charge on any atom is 0.278 e. The fraction of sp³-hybridized carbons (Fsp3) is 0.200. The summed E-state index contributed by atoms with van der Waals surface area (Å²) in [4.78, 5) is 21.4. The van der Waals surface area contributed by atoms with Crippen molar-refractivity contribution in [3.05, 3.63) is 72.8 Å². The van der Waals surface area contributed by atoms with Crippen molar-refractivity contribution in [2.24, 2.45) is 0 Å². The first kappa shape index (κ1) is 22.2. The Hall–Kier alpha value is -4.60. The molecule has 0 saturated heterocycles. The Kier molecular flexibility index (Phi) is 5.92. The van der Waals surface area contributed by atoms with Crippen molar-refractivity contribution in [3.63, 3.8) is 0 Å². The van der Waals surface area contributed by atoms with Crippen LogP contribution in [-0.4, -0.2) is 44.4 Å². The fourth-order valence-electron chi connectivity index (χ4n) is 3.91. The van der Waals surface area contributed by atoms with E-state index in [2.05, 4.69) is 20.4 Å². The number of fused-ring (bicyclic) bond motifs is 1. The fourth-order valence-corrected chi connectivity index (χ4v) is 3.91. The topological polar surface area (TPSA) is 109 Å². The van der Waals surface area contributed by atoms with Crippen LogP contribution in [-0.2, 0) is 13.1 Å². The third kappa shape index (κ3) is 4.45. The summed E-state index contributed by atoms with van der Waals surface area (Å²) in [6.07, 6.45) is 6.42. The van der Waals surface area contributed by atoms with E-state index in [4.69, 9.17) is 13.9 Å². The normalized spacial score (nSPS) is 11.1. The molecule has 0 aliphatic carbocycles. The number of ether oxygens (including phenoxy) is 2. The Morgan fingerprint density at radius 3 is 2.71 bits per heavy atom. The SMILES string of the molecule is COc1cc2ncn(CCn3cc(NC(=O)c4ncoc4-c4cccc(C)c4)cn3)c2cc1OC. The Morgan fingerprint density at radius 1 is 1.09 bits per heavy atom. The minimum absolute atomic E-state index is 0.220. The minimum atomic E-state index is -0.364. The molecule has 35 heavy (non-hydrogen) atoms. The van der Waals surface area contributed by atoms with Crippen molar-refractivity contribution < 1.29 is 18.7 Å². The molecular weight excluding hydrogens is 448 g/mol. The van der Waals surface area contributed by atoms with Gasteiger partial charge in [-0.05, 0) is 13.0 Å². The molecule has 10 nitrogen and oxygen atoms in total. The third-order valence-electron chi connectivity index (χ3n) is 5.65. The number of amides is 1. The van der Waals surface area contributed by atoms with Crippen LogP contribution in [0, 0.1) is 6.92 Å². The van der Waals surface area contributed by atoms with Gasteiger partial charge in [-0.15, -0.1) is 0 Å². The van der Waals surface area contributed by atoms with Gasteiger partial charge in [-0.2, -0.15) is 5.10 Å². The van der Waals surface area contributed by atoms with Crippen molar-refractivity contribution in [1.29, 1.82) is 0 Å². The van der Waals surface area contributed by atoms with E-state index in [1.54, 1.807) is 37.6 Å². The van der Waals surface area contributed by atoms with E-state index in [9.17, 15) is 4.79 Å². The maximum absolute atomic E-state index is 12.9. The van der Waals surface area contributed by atoms with Crippen LogP contribution in [0.4, 0.5) is 5.69 Å². The summed E-state index contributed by atoms with van der Waals surface area (Å²) >= 11 is 0. The van der Waals surface area contributed by atoms with Crippen LogP contribution in [0.5, 0.6) is 11.5 Å². The van der Waals surface area contributed by atoms with Gasteiger partial charge >= 0.3 is 0 Å². The molecule has 0 radical (unpaired) electrons. The molecule has 0 unspecified atom stereocenters. The average Bonchev–Trinajstić information content (AvgIpc) is 3.61. The zero-order valence-electron chi connectivity index (χ0n) is 19.6. The van der Waals surface area contributed by atoms with Crippen molar-refractivity contribution in [2.45, 2.75) is 20.0 Å². The monoisotopic (exact) mass is 472 g/mol. The Morgan fingerprint density at radius 2 is 1.91 bits per heavy atom. The Bertz CT molecular complexity index is 1500. The van der Waals surface area contributed by atoms with E-state index in [1.807, 2.05) is 47.9 Å². The number of nitrogens with zero attached hydrogens (tertiary/aromatic N) is 5. The number of aryl methyl sites for hydroxylation is 3. The summed E-state index contributed by atoms with van der Waals surface area (Å²) < 4.78 is 20.0. The van der Waals surface area contributed by atoms with Gasteiger partial charge < -0.3 is 23.8 Å². The first-order valence-electron chi connectivity index (χ1n) is 11.0. The molecule has 0 saturated carbocycles. The number of hydrogen-bond acceptors (Lipinski definition) is 7. The molecule has 0 atom stereocenters. The van der Waals surface area contributed by atoms with E-state index in [1.165, 1.54) is 6.39 Å². The minimum Gasteiger partial charge on any atom is -0.493 e. The molecule has 0 fully saturated rings. The van der Waals surface area contributed by atoms with Crippen LogP contribution >= 0.6 is 0 Å². The van der Waals surface area contributed by atoms with Crippen LogP contribution in [0.3, 0.4) is 0 Å². The van der Waals surface area contributed by atoms with Gasteiger partial charge in [0, 0.05) is 30.4 Å². The number of imidazole rings is 1. The van der Waals surface area contributed by atoms with Gasteiger partial charge in [-0.3, -0.25) is 9.48 Å². The number of oxazole rings is 1. The van der Waals surface area contributed by atoms with Crippen molar-refractivity contribution in [1.82, 2.24) is 24.3 Å². The second-order valence-corrected chi connectivity index (χ2v) is 7.98. The van der Waals surface area contributed by atoms with Gasteiger partial charge in [0.1, 0.15) is 0 Å². The molecule has 0 bridgehead atoms. The molecular formula is C25H24N6O4. The van der Waals surface area contributed by atoms with Crippen LogP contribution in [0.2, 0.25) is 0 Å². The number of anilines is 1. The van der Waals surface area contributed by atoms with Gasteiger partial charge in [0.2, 0.25) is 0 Å². The number of aromatic nitrogens is 5. The number of methoxy groups -OCH3 is 2. The third-order valence-corrected chi connectivity index (χ3v) is 5.65. The second kappa shape index (κ2) is 9.34. The molecule has 178 valence electrons. The van der Waals surface area contributed by atoms with Crippen LogP contribution in [0.25, 0.3) is 22.4 Å². The quantitative estimate of drug-likeness (QED) is 0.361. The van der Waals surface area contributed by atoms with Crippen LogP contribution in [0.1, 0.15) is 16.1 Å². The molecule has 3 aromatic heterocycles. The van der Waals surface area contributed by atoms with Gasteiger partial charge in [0.25, 0.3) is 5.91 Å². The molecule has 0 spiro atoms. The number of benzene rings is 2. The lowest BCUT2D eigenvalue weighted by molar-refractivity contribution is 0.102. The Labute approximate surface area is 201 Å². The zero-order chi connectivity index (χ0) is 24.4.